The third kappa shape index (κ3) is 4.85. The van der Waals surface area contributed by atoms with E-state index in [4.69, 9.17) is 4.42 Å². The van der Waals surface area contributed by atoms with E-state index < -0.39 is 5.91 Å². The molecule has 1 aromatic carbocycles. The molecule has 0 atom stereocenters. The van der Waals surface area contributed by atoms with Crippen molar-refractivity contribution in [3.63, 3.8) is 0 Å². The summed E-state index contributed by atoms with van der Waals surface area (Å²) in [7, 11) is 0. The number of carbonyl (C=O) groups excluding carboxylic acids is 2. The molecule has 0 fully saturated rings. The third-order valence-corrected chi connectivity index (χ3v) is 3.05. The summed E-state index contributed by atoms with van der Waals surface area (Å²) in [5.41, 5.74) is 3.53. The van der Waals surface area contributed by atoms with Crippen LogP contribution in [0.15, 0.2) is 56.7 Å². The molecule has 0 aliphatic carbocycles. The van der Waals surface area contributed by atoms with Crippen LogP contribution in [0.1, 0.15) is 23.9 Å². The summed E-state index contributed by atoms with van der Waals surface area (Å²) in [5, 5.41) is 6.61. The highest BCUT2D eigenvalue weighted by molar-refractivity contribution is 9.10. The maximum atomic E-state index is 11.8. The number of amides is 2. The fourth-order valence-electron chi connectivity index (χ4n) is 1.64. The molecule has 22 heavy (non-hydrogen) atoms. The van der Waals surface area contributed by atoms with Crippen molar-refractivity contribution >= 4 is 39.1 Å². The molecule has 2 aromatic rings. The molecule has 0 spiro atoms. The first kappa shape index (κ1) is 16.0. The molecular formula is C15H14BrN3O3. The number of para-hydroxylation sites is 1. The Morgan fingerprint density at radius 1 is 1.18 bits per heavy atom. The lowest BCUT2D eigenvalue weighted by Crippen LogP contribution is -2.21. The fourth-order valence-corrected chi connectivity index (χ4v) is 1.94. The Morgan fingerprint density at radius 2 is 1.91 bits per heavy atom. The predicted molar refractivity (Wildman–Crippen MR) is 86.7 cm³/mol. The van der Waals surface area contributed by atoms with Crippen molar-refractivity contribution in [2.24, 2.45) is 5.10 Å². The maximum Gasteiger partial charge on any atom is 0.307 e. The Bertz CT molecular complexity index is 695. The van der Waals surface area contributed by atoms with E-state index in [0.29, 0.717) is 16.1 Å². The molecule has 0 saturated carbocycles. The highest BCUT2D eigenvalue weighted by atomic mass is 79.9. The molecule has 0 radical (unpaired) electrons. The van der Waals surface area contributed by atoms with Gasteiger partial charge in [-0.25, -0.2) is 5.43 Å². The quantitative estimate of drug-likeness (QED) is 0.631. The van der Waals surface area contributed by atoms with Crippen LogP contribution in [0.4, 0.5) is 5.69 Å². The lowest BCUT2D eigenvalue weighted by atomic mass is 10.2. The molecule has 0 saturated heterocycles. The summed E-state index contributed by atoms with van der Waals surface area (Å²) in [6, 6.07) is 12.2. The normalized spacial score (nSPS) is 11.1. The van der Waals surface area contributed by atoms with E-state index in [9.17, 15) is 9.59 Å². The highest BCUT2D eigenvalue weighted by Gasteiger charge is 2.10. The number of hydrazone groups is 1. The minimum atomic E-state index is -0.478. The van der Waals surface area contributed by atoms with Gasteiger partial charge >= 0.3 is 5.91 Å². The second-order valence-corrected chi connectivity index (χ2v) is 5.26. The molecule has 0 aliphatic rings. The average Bonchev–Trinajstić information content (AvgIpc) is 2.92. The first-order valence-electron chi connectivity index (χ1n) is 6.48. The van der Waals surface area contributed by atoms with Crippen molar-refractivity contribution in [3.8, 4) is 0 Å². The first-order valence-corrected chi connectivity index (χ1v) is 7.27. The Hall–Kier alpha value is -2.41. The fraction of sp³-hybridized carbons (Fsp3) is 0.133. The largest absolute Gasteiger partial charge is 0.444 e. The minimum Gasteiger partial charge on any atom is -0.444 e. The molecule has 1 heterocycles. The zero-order chi connectivity index (χ0) is 15.9. The maximum absolute atomic E-state index is 11.8. The van der Waals surface area contributed by atoms with Crippen LogP contribution in [0.5, 0.6) is 0 Å². The number of nitrogens with zero attached hydrogens (tertiary/aromatic N) is 1. The molecule has 1 aromatic heterocycles. The Balaban J connectivity index is 1.84. The van der Waals surface area contributed by atoms with Gasteiger partial charge in [-0.15, -0.1) is 0 Å². The standard InChI is InChI=1S/C15H14BrN3O3/c1-10(9-14(20)17-11-5-3-2-4-6-11)18-19-15(21)12-7-8-13(16)22-12/h2-8H,9H2,1H3,(H,17,20)(H,19,21)/b18-10-. The van der Waals surface area contributed by atoms with Crippen molar-refractivity contribution in [2.45, 2.75) is 13.3 Å². The van der Waals surface area contributed by atoms with Crippen molar-refractivity contribution in [3.05, 3.63) is 52.9 Å². The van der Waals surface area contributed by atoms with E-state index >= 15 is 0 Å². The molecule has 0 bridgehead atoms. The van der Waals surface area contributed by atoms with Gasteiger partial charge in [0.1, 0.15) is 0 Å². The van der Waals surface area contributed by atoms with Crippen LogP contribution in [-0.2, 0) is 4.79 Å². The average molecular weight is 364 g/mol. The number of rotatable bonds is 5. The van der Waals surface area contributed by atoms with E-state index in [1.54, 1.807) is 25.1 Å². The SMILES string of the molecule is C/C(CC(=O)Nc1ccccc1)=N/NC(=O)c1ccc(Br)o1. The van der Waals surface area contributed by atoms with Crippen LogP contribution in [0.25, 0.3) is 0 Å². The second kappa shape index (κ2) is 7.56. The van der Waals surface area contributed by atoms with Crippen molar-refractivity contribution in [1.29, 1.82) is 0 Å². The number of furan rings is 1. The molecule has 0 unspecified atom stereocenters. The molecule has 2 N–H and O–H groups in total. The number of nitrogens with one attached hydrogen (secondary N) is 2. The predicted octanol–water partition coefficient (Wildman–Crippen LogP) is 3.18. The van der Waals surface area contributed by atoms with E-state index in [-0.39, 0.29) is 18.1 Å². The number of carbonyl (C=O) groups is 2. The third-order valence-electron chi connectivity index (χ3n) is 2.62. The number of halogens is 1. The van der Waals surface area contributed by atoms with Gasteiger partial charge in [-0.3, -0.25) is 9.59 Å². The topological polar surface area (TPSA) is 83.7 Å². The van der Waals surface area contributed by atoms with Crippen LogP contribution < -0.4 is 10.7 Å². The Labute approximate surface area is 135 Å². The number of benzene rings is 1. The smallest absolute Gasteiger partial charge is 0.307 e. The van der Waals surface area contributed by atoms with Gasteiger partial charge in [0, 0.05) is 11.4 Å². The van der Waals surface area contributed by atoms with E-state index in [1.807, 2.05) is 18.2 Å². The summed E-state index contributed by atoms with van der Waals surface area (Å²) in [6.45, 7) is 1.66. The molecule has 6 nitrogen and oxygen atoms in total. The van der Waals surface area contributed by atoms with Gasteiger partial charge in [0.25, 0.3) is 0 Å². The number of anilines is 1. The zero-order valence-corrected chi connectivity index (χ0v) is 13.4. The number of hydrogen-bond donors (Lipinski definition) is 2. The summed E-state index contributed by atoms with van der Waals surface area (Å²) in [6.07, 6.45) is 0.0804. The minimum absolute atomic E-state index is 0.0804. The lowest BCUT2D eigenvalue weighted by molar-refractivity contribution is -0.115. The molecule has 0 aliphatic heterocycles. The summed E-state index contributed by atoms with van der Waals surface area (Å²) < 4.78 is 5.55. The van der Waals surface area contributed by atoms with Gasteiger partial charge in [0.15, 0.2) is 10.4 Å². The van der Waals surface area contributed by atoms with Crippen molar-refractivity contribution in [2.75, 3.05) is 5.32 Å². The molecule has 7 heteroatoms. The molecule has 114 valence electrons. The van der Waals surface area contributed by atoms with Crippen LogP contribution in [0.3, 0.4) is 0 Å². The molecule has 2 amide bonds. The van der Waals surface area contributed by atoms with E-state index in [2.05, 4.69) is 31.8 Å². The van der Waals surface area contributed by atoms with Gasteiger partial charge in [-0.1, -0.05) is 18.2 Å². The number of hydrogen-bond acceptors (Lipinski definition) is 4. The van der Waals surface area contributed by atoms with Crippen LogP contribution in [0, 0.1) is 0 Å². The van der Waals surface area contributed by atoms with Crippen molar-refractivity contribution < 1.29 is 14.0 Å². The van der Waals surface area contributed by atoms with E-state index in [0.717, 1.165) is 0 Å². The highest BCUT2D eigenvalue weighted by Crippen LogP contribution is 2.13. The molecular weight excluding hydrogens is 350 g/mol. The monoisotopic (exact) mass is 363 g/mol. The van der Waals surface area contributed by atoms with Gasteiger partial charge in [-0.2, -0.15) is 5.10 Å². The Kier molecular flexibility index (Phi) is 5.48. The van der Waals surface area contributed by atoms with Gasteiger partial charge in [0.05, 0.1) is 6.42 Å². The summed E-state index contributed by atoms with van der Waals surface area (Å²) in [4.78, 5) is 23.5. The van der Waals surface area contributed by atoms with Crippen LogP contribution in [0.2, 0.25) is 0 Å². The van der Waals surface area contributed by atoms with E-state index in [1.165, 1.54) is 6.07 Å². The first-order chi connectivity index (χ1) is 10.5. The Morgan fingerprint density at radius 3 is 2.55 bits per heavy atom. The van der Waals surface area contributed by atoms with Crippen molar-refractivity contribution in [1.82, 2.24) is 5.43 Å². The van der Waals surface area contributed by atoms with Gasteiger partial charge < -0.3 is 9.73 Å². The second-order valence-electron chi connectivity index (χ2n) is 4.48. The van der Waals surface area contributed by atoms with Crippen LogP contribution in [-0.4, -0.2) is 17.5 Å². The van der Waals surface area contributed by atoms with Gasteiger partial charge in [0.2, 0.25) is 5.91 Å². The summed E-state index contributed by atoms with van der Waals surface area (Å²) >= 11 is 3.11. The van der Waals surface area contributed by atoms with Gasteiger partial charge in [-0.05, 0) is 47.1 Å². The zero-order valence-electron chi connectivity index (χ0n) is 11.8. The van der Waals surface area contributed by atoms with Crippen LogP contribution >= 0.6 is 15.9 Å². The lowest BCUT2D eigenvalue weighted by Gasteiger charge is -2.04. The summed E-state index contributed by atoms with van der Waals surface area (Å²) in [5.74, 6) is -0.548. The molecule has 2 rings (SSSR count).